The van der Waals surface area contributed by atoms with Gasteiger partial charge in [-0.05, 0) is 55.3 Å². The van der Waals surface area contributed by atoms with Gasteiger partial charge in [0.1, 0.15) is 12.2 Å². The quantitative estimate of drug-likeness (QED) is 0.541. The molecule has 2 N–H and O–H groups in total. The van der Waals surface area contributed by atoms with Crippen LogP contribution in [0.3, 0.4) is 0 Å². The molecule has 0 aliphatic heterocycles. The number of fused-ring (bicyclic) bond motifs is 5. The molecule has 6 heteroatoms. The van der Waals surface area contributed by atoms with Crippen molar-refractivity contribution < 1.29 is 29.3 Å². The van der Waals surface area contributed by atoms with Gasteiger partial charge in [0.05, 0.1) is 12.2 Å². The summed E-state index contributed by atoms with van der Waals surface area (Å²) in [6.07, 6.45) is 4.98. The van der Waals surface area contributed by atoms with Crippen LogP contribution in [0.4, 0.5) is 0 Å². The fourth-order valence-electron chi connectivity index (χ4n) is 7.24. The number of ether oxygens (including phenoxy) is 2. The van der Waals surface area contributed by atoms with Gasteiger partial charge in [-0.25, -0.2) is 0 Å². The molecule has 0 bridgehead atoms. The SMILES string of the molecule is CC(=O)OC1CC[C@@]2(C)C(=CC(O)C3C2CC[C@@]2(C)C3C[C@@H](OC(C)=O)[C@@H]2O)C1. The van der Waals surface area contributed by atoms with Crippen LogP contribution >= 0.6 is 0 Å². The molecule has 4 aliphatic carbocycles. The van der Waals surface area contributed by atoms with Crippen molar-refractivity contribution in [3.63, 3.8) is 0 Å². The van der Waals surface area contributed by atoms with Gasteiger partial charge >= 0.3 is 11.9 Å². The molecule has 4 aliphatic rings. The summed E-state index contributed by atoms with van der Waals surface area (Å²) < 4.78 is 10.9. The van der Waals surface area contributed by atoms with E-state index in [9.17, 15) is 19.8 Å². The number of carbonyl (C=O) groups is 2. The van der Waals surface area contributed by atoms with Crippen LogP contribution in [-0.2, 0) is 19.1 Å². The van der Waals surface area contributed by atoms with Crippen LogP contribution in [-0.4, -0.2) is 46.6 Å². The summed E-state index contributed by atoms with van der Waals surface area (Å²) in [6.45, 7) is 7.21. The molecule has 0 aromatic heterocycles. The van der Waals surface area contributed by atoms with Gasteiger partial charge in [0.25, 0.3) is 0 Å². The van der Waals surface area contributed by atoms with E-state index in [-0.39, 0.29) is 40.7 Å². The normalized spacial score (nSPS) is 48.6. The van der Waals surface area contributed by atoms with Crippen LogP contribution in [0.15, 0.2) is 11.6 Å². The minimum absolute atomic E-state index is 0.0215. The molecule has 0 radical (unpaired) electrons. The van der Waals surface area contributed by atoms with Crippen molar-refractivity contribution >= 4 is 11.9 Å². The number of hydrogen-bond donors (Lipinski definition) is 2. The van der Waals surface area contributed by atoms with Crippen molar-refractivity contribution in [2.45, 2.75) is 90.6 Å². The van der Waals surface area contributed by atoms with Gasteiger partial charge in [-0.3, -0.25) is 9.59 Å². The number of aliphatic hydroxyl groups excluding tert-OH is 2. The van der Waals surface area contributed by atoms with Crippen LogP contribution < -0.4 is 0 Å². The summed E-state index contributed by atoms with van der Waals surface area (Å²) in [6, 6.07) is 0. The first-order valence-electron chi connectivity index (χ1n) is 11.0. The van der Waals surface area contributed by atoms with Crippen molar-refractivity contribution in [2.75, 3.05) is 0 Å². The maximum absolute atomic E-state index is 11.5. The Balaban J connectivity index is 1.63. The lowest BCUT2D eigenvalue weighted by Gasteiger charge is -2.58. The lowest BCUT2D eigenvalue weighted by molar-refractivity contribution is -0.155. The highest BCUT2D eigenvalue weighted by molar-refractivity contribution is 5.66. The third-order valence-corrected chi connectivity index (χ3v) is 8.69. The standard InChI is InChI=1S/C23H34O6/c1-12(24)28-15-5-7-22(3)14(9-15)10-18(26)20-16(22)6-8-23(4)17(20)11-19(21(23)27)29-13(2)25/h10,15-21,26-27H,5-9,11H2,1-4H3/t15?,16?,17?,18?,19-,20?,21+,22+,23+/m1/s1. The maximum atomic E-state index is 11.5. The Morgan fingerprint density at radius 2 is 1.72 bits per heavy atom. The van der Waals surface area contributed by atoms with Crippen LogP contribution in [0.5, 0.6) is 0 Å². The smallest absolute Gasteiger partial charge is 0.302 e. The van der Waals surface area contributed by atoms with E-state index in [1.807, 2.05) is 6.08 Å². The fourth-order valence-corrected chi connectivity index (χ4v) is 7.24. The van der Waals surface area contributed by atoms with Crippen molar-refractivity contribution in [1.29, 1.82) is 0 Å². The minimum Gasteiger partial charge on any atom is -0.462 e. The second-order valence-corrected chi connectivity index (χ2v) is 10.2. The summed E-state index contributed by atoms with van der Waals surface area (Å²) in [5.41, 5.74) is 0.841. The summed E-state index contributed by atoms with van der Waals surface area (Å²) >= 11 is 0. The highest BCUT2D eigenvalue weighted by Gasteiger charge is 2.63. The third-order valence-electron chi connectivity index (χ3n) is 8.69. The van der Waals surface area contributed by atoms with Crippen molar-refractivity contribution in [3.05, 3.63) is 11.6 Å². The molecule has 0 aromatic carbocycles. The average molecular weight is 407 g/mol. The van der Waals surface area contributed by atoms with E-state index >= 15 is 0 Å². The Labute approximate surface area is 172 Å². The number of carbonyl (C=O) groups excluding carboxylic acids is 2. The zero-order valence-electron chi connectivity index (χ0n) is 17.9. The monoisotopic (exact) mass is 406 g/mol. The van der Waals surface area contributed by atoms with Gasteiger partial charge in [-0.1, -0.05) is 25.5 Å². The van der Waals surface area contributed by atoms with Gasteiger partial charge in [0.15, 0.2) is 0 Å². The molecule has 6 nitrogen and oxygen atoms in total. The first-order valence-corrected chi connectivity index (χ1v) is 11.0. The largest absolute Gasteiger partial charge is 0.462 e. The highest BCUT2D eigenvalue weighted by Crippen LogP contribution is 2.65. The first-order chi connectivity index (χ1) is 13.6. The highest BCUT2D eigenvalue weighted by atomic mass is 16.6. The predicted octanol–water partition coefficient (Wildman–Crippen LogP) is 2.75. The van der Waals surface area contributed by atoms with Gasteiger partial charge < -0.3 is 19.7 Å². The van der Waals surface area contributed by atoms with Gasteiger partial charge in [-0.15, -0.1) is 0 Å². The summed E-state index contributed by atoms with van der Waals surface area (Å²) in [7, 11) is 0. The molecular weight excluding hydrogens is 372 g/mol. The Morgan fingerprint density at radius 3 is 2.38 bits per heavy atom. The number of esters is 2. The molecule has 5 unspecified atom stereocenters. The van der Waals surface area contributed by atoms with E-state index in [2.05, 4.69) is 13.8 Å². The van der Waals surface area contributed by atoms with E-state index in [0.29, 0.717) is 18.8 Å². The predicted molar refractivity (Wildman–Crippen MR) is 106 cm³/mol. The van der Waals surface area contributed by atoms with Gasteiger partial charge in [-0.2, -0.15) is 0 Å². The van der Waals surface area contributed by atoms with Crippen molar-refractivity contribution in [1.82, 2.24) is 0 Å². The van der Waals surface area contributed by atoms with Crippen LogP contribution in [0, 0.1) is 28.6 Å². The van der Waals surface area contributed by atoms with Crippen LogP contribution in [0.2, 0.25) is 0 Å². The second kappa shape index (κ2) is 7.09. The molecule has 3 fully saturated rings. The summed E-state index contributed by atoms with van der Waals surface area (Å²) in [5, 5.41) is 22.1. The number of hydrogen-bond acceptors (Lipinski definition) is 6. The van der Waals surface area contributed by atoms with E-state index in [1.54, 1.807) is 0 Å². The van der Waals surface area contributed by atoms with E-state index in [1.165, 1.54) is 19.4 Å². The second-order valence-electron chi connectivity index (χ2n) is 10.2. The zero-order chi connectivity index (χ0) is 21.1. The zero-order valence-corrected chi connectivity index (χ0v) is 17.9. The molecule has 162 valence electrons. The van der Waals surface area contributed by atoms with E-state index in [4.69, 9.17) is 9.47 Å². The molecule has 0 saturated heterocycles. The number of aliphatic hydroxyl groups is 2. The van der Waals surface area contributed by atoms with E-state index < -0.39 is 18.3 Å². The lowest BCUT2D eigenvalue weighted by Crippen LogP contribution is -2.55. The Morgan fingerprint density at radius 1 is 1.03 bits per heavy atom. The van der Waals surface area contributed by atoms with Gasteiger partial charge in [0.2, 0.25) is 0 Å². The molecular formula is C23H34O6. The lowest BCUT2D eigenvalue weighted by atomic mass is 9.47. The summed E-state index contributed by atoms with van der Waals surface area (Å²) in [4.78, 5) is 22.9. The molecule has 0 aromatic rings. The molecule has 0 spiro atoms. The van der Waals surface area contributed by atoms with Crippen molar-refractivity contribution in [2.24, 2.45) is 28.6 Å². The van der Waals surface area contributed by atoms with Gasteiger partial charge in [0, 0.05) is 25.7 Å². The summed E-state index contributed by atoms with van der Waals surface area (Å²) in [5.74, 6) is -0.148. The Kier molecular flexibility index (Phi) is 5.10. The fraction of sp³-hybridized carbons (Fsp3) is 0.826. The first kappa shape index (κ1) is 20.9. The minimum atomic E-state index is -0.692. The molecule has 3 saturated carbocycles. The molecule has 9 atom stereocenters. The number of rotatable bonds is 2. The van der Waals surface area contributed by atoms with Crippen LogP contribution in [0.25, 0.3) is 0 Å². The molecule has 29 heavy (non-hydrogen) atoms. The topological polar surface area (TPSA) is 93.1 Å². The Hall–Kier alpha value is -1.40. The third kappa shape index (κ3) is 3.23. The molecule has 0 amide bonds. The molecule has 4 rings (SSSR count). The Bertz CT molecular complexity index is 731. The van der Waals surface area contributed by atoms with Crippen molar-refractivity contribution in [3.8, 4) is 0 Å². The molecule has 0 heterocycles. The maximum Gasteiger partial charge on any atom is 0.302 e. The average Bonchev–Trinajstić information content (AvgIpc) is 2.87. The van der Waals surface area contributed by atoms with E-state index in [0.717, 1.165) is 25.7 Å². The van der Waals surface area contributed by atoms with Crippen LogP contribution in [0.1, 0.15) is 66.2 Å².